The number of thioether (sulfide) groups is 1. The Hall–Kier alpha value is -2.77. The van der Waals surface area contributed by atoms with Crippen molar-refractivity contribution < 1.29 is 9.59 Å². The van der Waals surface area contributed by atoms with E-state index >= 15 is 0 Å². The van der Waals surface area contributed by atoms with Gasteiger partial charge >= 0.3 is 0 Å². The number of benzene rings is 1. The number of nitriles is 2. The third-order valence-corrected chi connectivity index (χ3v) is 6.06. The van der Waals surface area contributed by atoms with Crippen LogP contribution in [0.5, 0.6) is 0 Å². The molecule has 2 N–H and O–H groups in total. The van der Waals surface area contributed by atoms with Crippen LogP contribution in [0.3, 0.4) is 0 Å². The Bertz CT molecular complexity index is 865. The van der Waals surface area contributed by atoms with Gasteiger partial charge in [0.1, 0.15) is 5.92 Å². The molecule has 0 aliphatic carbocycles. The predicted molar refractivity (Wildman–Crippen MR) is 109 cm³/mol. The SMILES string of the molecule is C[C@@H](SC1=C(C#N)C(C)(C)[C@@H](C#N)C(=O)N1)C(=O)NC[C@H](C)c1ccccc1. The summed E-state index contributed by atoms with van der Waals surface area (Å²) in [6.07, 6.45) is 0. The molecule has 2 rings (SSSR count). The first-order valence-electron chi connectivity index (χ1n) is 9.07. The van der Waals surface area contributed by atoms with E-state index in [1.54, 1.807) is 20.8 Å². The lowest BCUT2D eigenvalue weighted by Gasteiger charge is -2.35. The fraction of sp³-hybridized carbons (Fsp3) is 0.429. The van der Waals surface area contributed by atoms with Gasteiger partial charge in [-0.1, -0.05) is 62.9 Å². The summed E-state index contributed by atoms with van der Waals surface area (Å²) in [5, 5.41) is 24.2. The number of hydrogen-bond acceptors (Lipinski definition) is 5. The zero-order valence-corrected chi connectivity index (χ0v) is 17.3. The highest BCUT2D eigenvalue weighted by Gasteiger charge is 2.45. The summed E-state index contributed by atoms with van der Waals surface area (Å²) in [5.41, 5.74) is 0.550. The minimum Gasteiger partial charge on any atom is -0.355 e. The Labute approximate surface area is 170 Å². The van der Waals surface area contributed by atoms with Crippen LogP contribution in [0.25, 0.3) is 0 Å². The van der Waals surface area contributed by atoms with Gasteiger partial charge in [0, 0.05) is 12.0 Å². The molecule has 1 heterocycles. The molecule has 3 atom stereocenters. The van der Waals surface area contributed by atoms with Crippen molar-refractivity contribution >= 4 is 23.6 Å². The number of nitrogens with one attached hydrogen (secondary N) is 2. The summed E-state index contributed by atoms with van der Waals surface area (Å²) < 4.78 is 0. The molecule has 0 saturated carbocycles. The maximum absolute atomic E-state index is 12.5. The van der Waals surface area contributed by atoms with E-state index in [1.165, 1.54) is 0 Å². The molecule has 2 amide bonds. The fourth-order valence-electron chi connectivity index (χ4n) is 3.04. The quantitative estimate of drug-likeness (QED) is 0.769. The standard InChI is InChI=1S/C21H24N4O2S/c1-13(15-8-6-5-7-9-15)12-24-18(26)14(2)28-20-17(11-23)21(3,4)16(10-22)19(27)25-20/h5-9,13-14,16H,12H2,1-4H3,(H,24,26)(H,25,27)/t13-,14+,16-/m0/s1. The molecule has 0 saturated heterocycles. The molecule has 1 aromatic carbocycles. The molecule has 0 radical (unpaired) electrons. The Kier molecular flexibility index (Phi) is 6.88. The van der Waals surface area contributed by atoms with E-state index in [0.29, 0.717) is 17.1 Å². The van der Waals surface area contributed by atoms with E-state index in [0.717, 1.165) is 17.3 Å². The third kappa shape index (κ3) is 4.55. The first-order valence-corrected chi connectivity index (χ1v) is 9.95. The highest BCUT2D eigenvalue weighted by molar-refractivity contribution is 8.04. The van der Waals surface area contributed by atoms with Crippen LogP contribution in [-0.4, -0.2) is 23.6 Å². The smallest absolute Gasteiger partial charge is 0.243 e. The number of hydrogen-bond donors (Lipinski definition) is 2. The molecule has 0 unspecified atom stereocenters. The largest absolute Gasteiger partial charge is 0.355 e. The van der Waals surface area contributed by atoms with Crippen molar-refractivity contribution in [2.75, 3.05) is 6.54 Å². The molecule has 1 aliphatic heterocycles. The van der Waals surface area contributed by atoms with Crippen molar-refractivity contribution in [3.8, 4) is 12.1 Å². The second kappa shape index (κ2) is 8.95. The van der Waals surface area contributed by atoms with Crippen molar-refractivity contribution in [2.45, 2.75) is 38.9 Å². The first kappa shape index (κ1) is 21.5. The van der Waals surface area contributed by atoms with Gasteiger partial charge in [-0.25, -0.2) is 0 Å². The minimum atomic E-state index is -0.942. The maximum atomic E-state index is 12.5. The van der Waals surface area contributed by atoms with Crippen LogP contribution >= 0.6 is 11.8 Å². The summed E-state index contributed by atoms with van der Waals surface area (Å²) in [4.78, 5) is 24.8. The summed E-state index contributed by atoms with van der Waals surface area (Å²) >= 11 is 1.13. The van der Waals surface area contributed by atoms with Crippen LogP contribution in [0.1, 0.15) is 39.2 Å². The third-order valence-electron chi connectivity index (χ3n) is 4.95. The van der Waals surface area contributed by atoms with Crippen LogP contribution < -0.4 is 10.6 Å². The Morgan fingerprint density at radius 2 is 1.93 bits per heavy atom. The number of nitrogens with zero attached hydrogens (tertiary/aromatic N) is 2. The molecule has 7 heteroatoms. The molecule has 0 aromatic heterocycles. The van der Waals surface area contributed by atoms with E-state index < -0.39 is 22.5 Å². The summed E-state index contributed by atoms with van der Waals surface area (Å²) in [5.74, 6) is -1.39. The van der Waals surface area contributed by atoms with Crippen molar-refractivity contribution in [2.24, 2.45) is 11.3 Å². The summed E-state index contributed by atoms with van der Waals surface area (Å²) in [6, 6.07) is 14.0. The van der Waals surface area contributed by atoms with Crippen molar-refractivity contribution in [3.63, 3.8) is 0 Å². The molecule has 0 bridgehead atoms. The zero-order chi connectivity index (χ0) is 20.9. The number of carbonyl (C=O) groups excluding carboxylic acids is 2. The lowest BCUT2D eigenvalue weighted by Crippen LogP contribution is -2.45. The monoisotopic (exact) mass is 396 g/mol. The molecule has 0 spiro atoms. The van der Waals surface area contributed by atoms with Crippen LogP contribution in [0, 0.1) is 34.0 Å². The van der Waals surface area contributed by atoms with Gasteiger partial charge in [-0.2, -0.15) is 10.5 Å². The number of carbonyl (C=O) groups is 2. The van der Waals surface area contributed by atoms with Gasteiger partial charge < -0.3 is 10.6 Å². The topological polar surface area (TPSA) is 106 Å². The van der Waals surface area contributed by atoms with Crippen molar-refractivity contribution in [1.29, 1.82) is 10.5 Å². The Balaban J connectivity index is 2.06. The van der Waals surface area contributed by atoms with Crippen LogP contribution in [-0.2, 0) is 9.59 Å². The van der Waals surface area contributed by atoms with Crippen molar-refractivity contribution in [1.82, 2.24) is 10.6 Å². The van der Waals surface area contributed by atoms with Gasteiger partial charge in [0.25, 0.3) is 0 Å². The summed E-state index contributed by atoms with van der Waals surface area (Å²) in [7, 11) is 0. The molecule has 28 heavy (non-hydrogen) atoms. The predicted octanol–water partition coefficient (Wildman–Crippen LogP) is 3.06. The second-order valence-electron chi connectivity index (χ2n) is 7.41. The first-order chi connectivity index (χ1) is 13.2. The van der Waals surface area contributed by atoms with Crippen LogP contribution in [0.2, 0.25) is 0 Å². The molecular formula is C21H24N4O2S. The van der Waals surface area contributed by atoms with E-state index in [-0.39, 0.29) is 11.8 Å². The molecule has 6 nitrogen and oxygen atoms in total. The van der Waals surface area contributed by atoms with Gasteiger partial charge in [-0.3, -0.25) is 9.59 Å². The number of allylic oxidation sites excluding steroid dienone is 1. The lowest BCUT2D eigenvalue weighted by molar-refractivity contribution is -0.125. The molecule has 146 valence electrons. The maximum Gasteiger partial charge on any atom is 0.243 e. The number of rotatable bonds is 6. The highest BCUT2D eigenvalue weighted by atomic mass is 32.2. The summed E-state index contributed by atoms with van der Waals surface area (Å²) in [6.45, 7) is 7.66. The van der Waals surface area contributed by atoms with Crippen LogP contribution in [0.4, 0.5) is 0 Å². The molecule has 0 fully saturated rings. The van der Waals surface area contributed by atoms with E-state index in [2.05, 4.69) is 16.7 Å². The molecular weight excluding hydrogens is 372 g/mol. The average Bonchev–Trinajstić information content (AvgIpc) is 2.66. The lowest BCUT2D eigenvalue weighted by atomic mass is 9.72. The van der Waals surface area contributed by atoms with E-state index in [1.807, 2.05) is 43.3 Å². The second-order valence-corrected chi connectivity index (χ2v) is 8.76. The average molecular weight is 397 g/mol. The van der Waals surface area contributed by atoms with Crippen LogP contribution in [0.15, 0.2) is 40.9 Å². The minimum absolute atomic E-state index is 0.168. The van der Waals surface area contributed by atoms with Crippen molar-refractivity contribution in [3.05, 3.63) is 46.5 Å². The van der Waals surface area contributed by atoms with Gasteiger partial charge in [-0.05, 0) is 18.4 Å². The van der Waals surface area contributed by atoms with Gasteiger partial charge in [-0.15, -0.1) is 0 Å². The Morgan fingerprint density at radius 1 is 1.29 bits per heavy atom. The molecule has 1 aliphatic rings. The van der Waals surface area contributed by atoms with Gasteiger partial charge in [0.2, 0.25) is 11.8 Å². The molecule has 1 aromatic rings. The Morgan fingerprint density at radius 3 is 2.50 bits per heavy atom. The normalized spacial score (nSPS) is 20.4. The van der Waals surface area contributed by atoms with Gasteiger partial charge in [0.15, 0.2) is 0 Å². The van der Waals surface area contributed by atoms with E-state index in [4.69, 9.17) is 0 Å². The zero-order valence-electron chi connectivity index (χ0n) is 16.4. The van der Waals surface area contributed by atoms with Gasteiger partial charge in [0.05, 0.1) is 28.0 Å². The number of amides is 2. The fourth-order valence-corrected chi connectivity index (χ4v) is 4.17. The van der Waals surface area contributed by atoms with E-state index in [9.17, 15) is 20.1 Å². The highest BCUT2D eigenvalue weighted by Crippen LogP contribution is 2.42.